The molecular weight excluding hydrogens is 315 g/mol. The number of aromatic nitrogens is 1. The number of carbonyl (C=O) groups excluding carboxylic acids is 1. The molecule has 2 heterocycles. The summed E-state index contributed by atoms with van der Waals surface area (Å²) in [5.74, 6) is -0.426. The Morgan fingerprint density at radius 1 is 1.47 bits per heavy atom. The minimum absolute atomic E-state index is 0. The molecule has 1 aromatic rings. The van der Waals surface area contributed by atoms with Crippen LogP contribution in [0.25, 0.3) is 0 Å². The number of hydrogen-bond donors (Lipinski definition) is 3. The van der Waals surface area contributed by atoms with Crippen LogP contribution in [0.2, 0.25) is 10.2 Å². The summed E-state index contributed by atoms with van der Waals surface area (Å²) in [5.41, 5.74) is 0.801. The molecule has 0 unspecified atom stereocenters. The summed E-state index contributed by atoms with van der Waals surface area (Å²) in [6, 6.07) is -0.489. The third kappa shape index (κ3) is 3.54. The van der Waals surface area contributed by atoms with Crippen molar-refractivity contribution in [2.45, 2.75) is 25.6 Å². The van der Waals surface area contributed by atoms with Gasteiger partial charge in [-0.25, -0.2) is 4.39 Å². The molecule has 2 atom stereocenters. The number of carbonyl (C=O) groups is 1. The van der Waals surface area contributed by atoms with E-state index in [-0.39, 0.29) is 29.7 Å². The molecule has 108 valence electrons. The molecule has 1 aromatic heterocycles. The molecule has 1 aliphatic heterocycles. The van der Waals surface area contributed by atoms with Gasteiger partial charge in [0.05, 0.1) is 11.1 Å². The topological polar surface area (TPSA) is 56.9 Å². The summed E-state index contributed by atoms with van der Waals surface area (Å²) in [4.78, 5) is 14.7. The Balaban J connectivity index is 0.00000180. The molecule has 0 spiro atoms. The summed E-state index contributed by atoms with van der Waals surface area (Å²) < 4.78 is 13.6. The molecule has 4 nitrogen and oxygen atoms in total. The number of halogens is 4. The fraction of sp³-hybridized carbons (Fsp3) is 0.545. The lowest BCUT2D eigenvalue weighted by Crippen LogP contribution is -2.50. The standard InChI is InChI=1S/C11H14Cl2FN3O.ClH/c1-5-8(12)9(17-10(5)13)11(18)16-7-2-3-15-4-6(7)14;/h6-7,15,17H,2-4H2,1H3,(H,16,18);1H/t6-,7+;/m0./s1. The van der Waals surface area contributed by atoms with E-state index in [4.69, 9.17) is 23.2 Å². The minimum Gasteiger partial charge on any atom is -0.345 e. The lowest BCUT2D eigenvalue weighted by Gasteiger charge is -2.27. The Labute approximate surface area is 126 Å². The first kappa shape index (κ1) is 16.6. The van der Waals surface area contributed by atoms with Gasteiger partial charge in [0, 0.05) is 12.1 Å². The van der Waals surface area contributed by atoms with E-state index in [2.05, 4.69) is 15.6 Å². The van der Waals surface area contributed by atoms with Crippen LogP contribution in [0.5, 0.6) is 0 Å². The van der Waals surface area contributed by atoms with Crippen LogP contribution in [0.3, 0.4) is 0 Å². The molecule has 1 saturated heterocycles. The Morgan fingerprint density at radius 3 is 2.68 bits per heavy atom. The first-order valence-electron chi connectivity index (χ1n) is 5.70. The van der Waals surface area contributed by atoms with E-state index in [9.17, 15) is 9.18 Å². The molecule has 0 aliphatic carbocycles. The Bertz CT molecular complexity index is 466. The van der Waals surface area contributed by atoms with Gasteiger partial charge in [0.1, 0.15) is 17.0 Å². The van der Waals surface area contributed by atoms with Crippen molar-refractivity contribution in [3.63, 3.8) is 0 Å². The van der Waals surface area contributed by atoms with Gasteiger partial charge in [-0.15, -0.1) is 12.4 Å². The number of amides is 1. The monoisotopic (exact) mass is 329 g/mol. The second kappa shape index (κ2) is 6.79. The molecule has 1 aliphatic rings. The molecule has 0 bridgehead atoms. The minimum atomic E-state index is -1.09. The van der Waals surface area contributed by atoms with Crippen LogP contribution in [-0.4, -0.2) is 36.2 Å². The zero-order valence-corrected chi connectivity index (χ0v) is 12.6. The van der Waals surface area contributed by atoms with Crippen molar-refractivity contribution in [2.24, 2.45) is 0 Å². The third-order valence-electron chi connectivity index (χ3n) is 3.06. The van der Waals surface area contributed by atoms with Crippen molar-refractivity contribution in [1.82, 2.24) is 15.6 Å². The maximum atomic E-state index is 13.6. The molecule has 19 heavy (non-hydrogen) atoms. The predicted molar refractivity (Wildman–Crippen MR) is 76.4 cm³/mol. The molecule has 2 rings (SSSR count). The van der Waals surface area contributed by atoms with E-state index >= 15 is 0 Å². The highest BCUT2D eigenvalue weighted by atomic mass is 35.5. The Morgan fingerprint density at radius 2 is 2.16 bits per heavy atom. The van der Waals surface area contributed by atoms with Gasteiger partial charge in [0.2, 0.25) is 0 Å². The number of alkyl halides is 1. The summed E-state index contributed by atoms with van der Waals surface area (Å²) >= 11 is 11.8. The van der Waals surface area contributed by atoms with Crippen LogP contribution >= 0.6 is 35.6 Å². The molecule has 0 saturated carbocycles. The molecule has 3 N–H and O–H groups in total. The van der Waals surface area contributed by atoms with E-state index in [1.807, 2.05) is 0 Å². The predicted octanol–water partition coefficient (Wildman–Crippen LogP) is 2.48. The molecular formula is C11H15Cl3FN3O. The lowest BCUT2D eigenvalue weighted by atomic mass is 10.0. The average Bonchev–Trinajstić information content (AvgIpc) is 2.60. The second-order valence-corrected chi connectivity index (χ2v) is 5.10. The molecule has 0 aromatic carbocycles. The number of aromatic amines is 1. The van der Waals surface area contributed by atoms with Gasteiger partial charge >= 0.3 is 0 Å². The molecule has 1 fully saturated rings. The highest BCUT2D eigenvalue weighted by Gasteiger charge is 2.28. The van der Waals surface area contributed by atoms with Gasteiger partial charge in [-0.1, -0.05) is 23.2 Å². The maximum Gasteiger partial charge on any atom is 0.269 e. The average molecular weight is 331 g/mol. The number of nitrogens with one attached hydrogen (secondary N) is 3. The van der Waals surface area contributed by atoms with Crippen molar-refractivity contribution >= 4 is 41.5 Å². The van der Waals surface area contributed by atoms with Crippen LogP contribution in [0, 0.1) is 6.92 Å². The first-order valence-corrected chi connectivity index (χ1v) is 6.45. The van der Waals surface area contributed by atoms with Crippen LogP contribution in [0.15, 0.2) is 0 Å². The molecule has 0 radical (unpaired) electrons. The van der Waals surface area contributed by atoms with Gasteiger partial charge in [-0.2, -0.15) is 0 Å². The van der Waals surface area contributed by atoms with E-state index in [1.54, 1.807) is 6.92 Å². The van der Waals surface area contributed by atoms with Gasteiger partial charge in [-0.05, 0) is 19.9 Å². The fourth-order valence-electron chi connectivity index (χ4n) is 1.92. The first-order chi connectivity index (χ1) is 8.50. The SMILES string of the molecule is Cc1c(Cl)[nH]c(C(=O)N[C@@H]2CCNC[C@@H]2F)c1Cl.Cl. The van der Waals surface area contributed by atoms with E-state index < -0.39 is 18.1 Å². The third-order valence-corrected chi connectivity index (χ3v) is 3.91. The molecule has 1 amide bonds. The van der Waals surface area contributed by atoms with E-state index in [1.165, 1.54) is 0 Å². The second-order valence-electron chi connectivity index (χ2n) is 4.34. The summed E-state index contributed by atoms with van der Waals surface area (Å²) in [6.07, 6.45) is -0.536. The van der Waals surface area contributed by atoms with Gasteiger partial charge in [-0.3, -0.25) is 4.79 Å². The summed E-state index contributed by atoms with van der Waals surface area (Å²) in [6.45, 7) is 2.65. The van der Waals surface area contributed by atoms with Gasteiger partial charge < -0.3 is 15.6 Å². The van der Waals surface area contributed by atoms with Crippen LogP contribution in [-0.2, 0) is 0 Å². The van der Waals surface area contributed by atoms with E-state index in [0.29, 0.717) is 23.7 Å². The molecule has 8 heteroatoms. The number of piperidine rings is 1. The summed E-state index contributed by atoms with van der Waals surface area (Å²) in [7, 11) is 0. The number of H-pyrrole nitrogens is 1. The largest absolute Gasteiger partial charge is 0.345 e. The van der Waals surface area contributed by atoms with E-state index in [0.717, 1.165) is 0 Å². The number of rotatable bonds is 2. The Hall–Kier alpha value is -0.490. The zero-order valence-electron chi connectivity index (χ0n) is 10.2. The van der Waals surface area contributed by atoms with Crippen molar-refractivity contribution in [3.8, 4) is 0 Å². The van der Waals surface area contributed by atoms with Crippen molar-refractivity contribution in [3.05, 3.63) is 21.4 Å². The van der Waals surface area contributed by atoms with Crippen molar-refractivity contribution < 1.29 is 9.18 Å². The normalized spacial score (nSPS) is 22.7. The zero-order chi connectivity index (χ0) is 13.3. The highest BCUT2D eigenvalue weighted by Crippen LogP contribution is 2.27. The van der Waals surface area contributed by atoms with Crippen molar-refractivity contribution in [1.29, 1.82) is 0 Å². The van der Waals surface area contributed by atoms with Gasteiger partial charge in [0.25, 0.3) is 5.91 Å². The smallest absolute Gasteiger partial charge is 0.269 e. The van der Waals surface area contributed by atoms with Crippen LogP contribution < -0.4 is 10.6 Å². The van der Waals surface area contributed by atoms with Crippen molar-refractivity contribution in [2.75, 3.05) is 13.1 Å². The Kier molecular flexibility index (Phi) is 5.92. The maximum absolute atomic E-state index is 13.6. The van der Waals surface area contributed by atoms with Crippen LogP contribution in [0.1, 0.15) is 22.5 Å². The number of hydrogen-bond acceptors (Lipinski definition) is 2. The van der Waals surface area contributed by atoms with Gasteiger partial charge in [0.15, 0.2) is 0 Å². The lowest BCUT2D eigenvalue weighted by molar-refractivity contribution is 0.0888. The summed E-state index contributed by atoms with van der Waals surface area (Å²) in [5, 5.41) is 6.16. The quantitative estimate of drug-likeness (QED) is 0.780. The fourth-order valence-corrected chi connectivity index (χ4v) is 2.39. The highest BCUT2D eigenvalue weighted by molar-refractivity contribution is 6.38. The van der Waals surface area contributed by atoms with Crippen LogP contribution in [0.4, 0.5) is 4.39 Å².